The van der Waals surface area contributed by atoms with Gasteiger partial charge in [0, 0.05) is 6.42 Å². The lowest BCUT2D eigenvalue weighted by Crippen LogP contribution is -2.61. The van der Waals surface area contributed by atoms with E-state index >= 15 is 0 Å². The van der Waals surface area contributed by atoms with Gasteiger partial charge in [-0.3, -0.25) is 9.59 Å². The molecular weight excluding hydrogens is 1100 g/mol. The Morgan fingerprint density at radius 2 is 0.750 bits per heavy atom. The highest BCUT2D eigenvalue weighted by atomic mass is 16.7. The van der Waals surface area contributed by atoms with Crippen LogP contribution >= 0.6 is 0 Å². The highest BCUT2D eigenvalue weighted by Gasteiger charge is 2.47. The van der Waals surface area contributed by atoms with E-state index in [1.165, 1.54) is 276 Å². The van der Waals surface area contributed by atoms with E-state index in [1.807, 2.05) is 6.08 Å². The van der Waals surface area contributed by atoms with Gasteiger partial charge in [-0.25, -0.2) is 0 Å². The molecule has 0 aliphatic carbocycles. The monoisotopic (exact) mass is 1240 g/mol. The number of aliphatic hydroxyl groups is 5. The van der Waals surface area contributed by atoms with E-state index in [0.29, 0.717) is 19.3 Å². The molecule has 1 aliphatic heterocycles. The van der Waals surface area contributed by atoms with Crippen molar-refractivity contribution in [1.82, 2.24) is 5.32 Å². The van der Waals surface area contributed by atoms with Crippen LogP contribution in [0.2, 0.25) is 0 Å². The fourth-order valence-corrected chi connectivity index (χ4v) is 12.2. The molecule has 0 bridgehead atoms. The number of esters is 1. The van der Waals surface area contributed by atoms with Gasteiger partial charge in [0.1, 0.15) is 24.4 Å². The summed E-state index contributed by atoms with van der Waals surface area (Å²) in [6.45, 7) is 5.85. The zero-order chi connectivity index (χ0) is 63.9. The number of hydrogen-bond donors (Lipinski definition) is 6. The SMILES string of the molecule is CCCCCCCC/C=C/CCCCCCCCCCCCCCCCCC(=O)OC1C(OCC(NC(=O)C(O)CCCCCCCCCCCCCC/C=C/CCCCCCCC)C(O)/C=C/CCCCCCCCCCCC)OC(CO)C(O)C1O. The van der Waals surface area contributed by atoms with E-state index in [1.54, 1.807) is 6.08 Å². The van der Waals surface area contributed by atoms with Gasteiger partial charge in [0.05, 0.1) is 25.4 Å². The lowest BCUT2D eigenvalue weighted by Gasteiger charge is -2.41. The first kappa shape index (κ1) is 83.9. The van der Waals surface area contributed by atoms with Gasteiger partial charge < -0.3 is 45.1 Å². The summed E-state index contributed by atoms with van der Waals surface area (Å²) < 4.78 is 17.7. The summed E-state index contributed by atoms with van der Waals surface area (Å²) in [5.74, 6) is -1.18. The summed E-state index contributed by atoms with van der Waals surface area (Å²) in [6, 6.07) is -1.02. The zero-order valence-electron chi connectivity index (χ0n) is 57.9. The number of amides is 1. The first-order valence-corrected chi connectivity index (χ1v) is 38.3. The number of allylic oxidation sites excluding steroid dienone is 5. The molecule has 1 rings (SSSR count). The number of carbonyl (C=O) groups is 2. The van der Waals surface area contributed by atoms with E-state index < -0.39 is 67.4 Å². The molecule has 6 N–H and O–H groups in total. The predicted octanol–water partition coefficient (Wildman–Crippen LogP) is 20.1. The molecule has 0 aromatic carbocycles. The molecule has 0 aromatic rings. The van der Waals surface area contributed by atoms with Gasteiger partial charge in [-0.2, -0.15) is 0 Å². The van der Waals surface area contributed by atoms with Crippen molar-refractivity contribution in [2.24, 2.45) is 0 Å². The molecule has 0 aromatic heterocycles. The van der Waals surface area contributed by atoms with Gasteiger partial charge in [0.25, 0.3) is 0 Å². The first-order valence-electron chi connectivity index (χ1n) is 38.3. The zero-order valence-corrected chi connectivity index (χ0v) is 57.9. The maximum absolute atomic E-state index is 13.5. The van der Waals surface area contributed by atoms with Crippen LogP contribution in [0, 0.1) is 0 Å². The van der Waals surface area contributed by atoms with Crippen LogP contribution in [0.1, 0.15) is 380 Å². The Bertz CT molecular complexity index is 1570. The van der Waals surface area contributed by atoms with Gasteiger partial charge in [0.2, 0.25) is 5.91 Å². The molecule has 1 aliphatic rings. The van der Waals surface area contributed by atoms with E-state index in [2.05, 4.69) is 50.4 Å². The number of unbranched alkanes of at least 4 members (excludes halogenated alkanes) is 49. The third-order valence-electron chi connectivity index (χ3n) is 18.3. The van der Waals surface area contributed by atoms with Crippen molar-refractivity contribution in [2.45, 2.75) is 429 Å². The van der Waals surface area contributed by atoms with Crippen LogP contribution in [-0.4, -0.2) is 99.6 Å². The van der Waals surface area contributed by atoms with Crippen molar-refractivity contribution in [3.8, 4) is 0 Å². The lowest BCUT2D eigenvalue weighted by molar-refractivity contribution is -0.305. The van der Waals surface area contributed by atoms with Crippen molar-refractivity contribution in [2.75, 3.05) is 13.2 Å². The number of carbonyl (C=O) groups excluding carboxylic acids is 2. The number of rotatable bonds is 67. The Morgan fingerprint density at radius 3 is 1.10 bits per heavy atom. The number of ether oxygens (including phenoxy) is 3. The fourth-order valence-electron chi connectivity index (χ4n) is 12.2. The van der Waals surface area contributed by atoms with Crippen LogP contribution in [0.4, 0.5) is 0 Å². The minimum Gasteiger partial charge on any atom is -0.454 e. The van der Waals surface area contributed by atoms with Gasteiger partial charge >= 0.3 is 5.97 Å². The first-order chi connectivity index (χ1) is 43.2. The second-order valence-corrected chi connectivity index (χ2v) is 26.7. The maximum Gasteiger partial charge on any atom is 0.306 e. The van der Waals surface area contributed by atoms with E-state index in [-0.39, 0.29) is 13.0 Å². The number of nitrogens with one attached hydrogen (secondary N) is 1. The summed E-state index contributed by atoms with van der Waals surface area (Å²) in [6.07, 6.45) is 70.5. The summed E-state index contributed by atoms with van der Waals surface area (Å²) in [5.41, 5.74) is 0. The summed E-state index contributed by atoms with van der Waals surface area (Å²) in [5, 5.41) is 57.4. The molecule has 1 saturated heterocycles. The van der Waals surface area contributed by atoms with Crippen molar-refractivity contribution >= 4 is 11.9 Å². The van der Waals surface area contributed by atoms with Crippen molar-refractivity contribution < 1.29 is 49.3 Å². The molecule has 8 unspecified atom stereocenters. The highest BCUT2D eigenvalue weighted by molar-refractivity contribution is 5.80. The fraction of sp³-hybridized carbons (Fsp3) is 0.896. The van der Waals surface area contributed by atoms with Crippen molar-refractivity contribution in [3.05, 3.63) is 36.5 Å². The molecule has 11 nitrogen and oxygen atoms in total. The van der Waals surface area contributed by atoms with Crippen molar-refractivity contribution in [3.63, 3.8) is 0 Å². The van der Waals surface area contributed by atoms with Gasteiger partial charge in [-0.1, -0.05) is 333 Å². The Morgan fingerprint density at radius 1 is 0.432 bits per heavy atom. The molecule has 0 saturated carbocycles. The largest absolute Gasteiger partial charge is 0.454 e. The van der Waals surface area contributed by atoms with Crippen LogP contribution < -0.4 is 5.32 Å². The molecule has 1 amide bonds. The van der Waals surface area contributed by atoms with Gasteiger partial charge in [0.15, 0.2) is 12.4 Å². The van der Waals surface area contributed by atoms with E-state index in [4.69, 9.17) is 14.2 Å². The average molecular weight is 1250 g/mol. The predicted molar refractivity (Wildman–Crippen MR) is 371 cm³/mol. The molecule has 0 radical (unpaired) electrons. The van der Waals surface area contributed by atoms with Crippen molar-refractivity contribution in [1.29, 1.82) is 0 Å². The average Bonchev–Trinajstić information content (AvgIpc) is 2.54. The maximum atomic E-state index is 13.5. The van der Waals surface area contributed by atoms with Gasteiger partial charge in [-0.05, 0) is 77.0 Å². The Labute approximate surface area is 543 Å². The second-order valence-electron chi connectivity index (χ2n) is 26.7. The highest BCUT2D eigenvalue weighted by Crippen LogP contribution is 2.27. The molecule has 0 spiro atoms. The smallest absolute Gasteiger partial charge is 0.306 e. The lowest BCUT2D eigenvalue weighted by atomic mass is 9.99. The summed E-state index contributed by atoms with van der Waals surface area (Å²) in [7, 11) is 0. The Hall–Kier alpha value is -2.12. The molecule has 11 heteroatoms. The third-order valence-corrected chi connectivity index (χ3v) is 18.3. The number of hydrogen-bond acceptors (Lipinski definition) is 10. The molecule has 518 valence electrons. The molecule has 8 atom stereocenters. The van der Waals surface area contributed by atoms with Crippen LogP contribution in [0.3, 0.4) is 0 Å². The molecule has 1 heterocycles. The number of aliphatic hydroxyl groups excluding tert-OH is 5. The third kappa shape index (κ3) is 51.4. The Balaban J connectivity index is 2.51. The van der Waals surface area contributed by atoms with E-state index in [0.717, 1.165) is 57.8 Å². The Kier molecular flexibility index (Phi) is 61.9. The summed E-state index contributed by atoms with van der Waals surface area (Å²) in [4.78, 5) is 26.7. The summed E-state index contributed by atoms with van der Waals surface area (Å²) >= 11 is 0. The van der Waals surface area contributed by atoms with Crippen LogP contribution in [0.5, 0.6) is 0 Å². The molecule has 88 heavy (non-hydrogen) atoms. The molecular formula is C77H145NO10. The van der Waals surface area contributed by atoms with Crippen LogP contribution in [0.25, 0.3) is 0 Å². The second kappa shape index (κ2) is 65.0. The van der Waals surface area contributed by atoms with Crippen LogP contribution in [0.15, 0.2) is 36.5 Å². The van der Waals surface area contributed by atoms with Gasteiger partial charge in [-0.15, -0.1) is 0 Å². The van der Waals surface area contributed by atoms with E-state index in [9.17, 15) is 35.1 Å². The minimum atomic E-state index is -1.61. The molecule has 1 fully saturated rings. The topological polar surface area (TPSA) is 175 Å². The van der Waals surface area contributed by atoms with Crippen LogP contribution in [-0.2, 0) is 23.8 Å². The normalized spacial score (nSPS) is 18.3. The minimum absolute atomic E-state index is 0.128. The standard InChI is InChI=1S/C77H145NO10/c1-4-7-10-13-16-19-22-25-27-29-31-33-35-36-37-39-41-43-45-47-50-53-56-59-62-65-72(82)88-75-74(84)73(83)71(66-79)87-77(75)86-67-68(69(80)63-60-57-54-51-48-24-21-18-15-12-9-6-3)78-76(85)70(81)64-61-58-55-52-49-46-44-42-40-38-34-32-30-28-26-23-20-17-14-11-8-5-2/h25-28,60,63,68-71,73-75,77,79-81,83-84H,4-24,29-59,61-62,64-67H2,1-3H3,(H,78,85)/b27-25+,28-26+,63-60+. The quantitative estimate of drug-likeness (QED) is 0.0195.